The summed E-state index contributed by atoms with van der Waals surface area (Å²) in [4.78, 5) is 2.32. The van der Waals surface area contributed by atoms with Crippen molar-refractivity contribution in [2.24, 2.45) is 7.05 Å². The molecule has 0 fully saturated rings. The molecule has 0 amide bonds. The van der Waals surface area contributed by atoms with Gasteiger partial charge in [0, 0.05) is 37.3 Å². The van der Waals surface area contributed by atoms with Gasteiger partial charge >= 0.3 is 0 Å². The molecule has 2 N–H and O–H groups in total. The van der Waals surface area contributed by atoms with Gasteiger partial charge in [-0.2, -0.15) is 0 Å². The molecule has 0 bridgehead atoms. The summed E-state index contributed by atoms with van der Waals surface area (Å²) >= 11 is 0. The third-order valence-electron chi connectivity index (χ3n) is 3.88. The summed E-state index contributed by atoms with van der Waals surface area (Å²) in [6, 6.07) is 5.94. The molecule has 0 atom stereocenters. The molecule has 2 aromatic rings. The van der Waals surface area contributed by atoms with Crippen LogP contribution in [0.25, 0.3) is 16.5 Å². The SMILES string of the molecule is CN1CC=C(c2cn(C)c3cc(NO)ccc23)CC1. The quantitative estimate of drug-likeness (QED) is 0.813. The molecule has 0 aliphatic carbocycles. The Balaban J connectivity index is 2.10. The van der Waals surface area contributed by atoms with Crippen LogP contribution in [0.15, 0.2) is 30.5 Å². The predicted octanol–water partition coefficient (Wildman–Crippen LogP) is 2.70. The van der Waals surface area contributed by atoms with Crippen molar-refractivity contribution >= 4 is 22.2 Å². The summed E-state index contributed by atoms with van der Waals surface area (Å²) in [5, 5.41) is 10.2. The third-order valence-corrected chi connectivity index (χ3v) is 3.88. The van der Waals surface area contributed by atoms with Crippen molar-refractivity contribution < 1.29 is 5.21 Å². The molecule has 4 heteroatoms. The van der Waals surface area contributed by atoms with E-state index in [1.54, 1.807) is 0 Å². The van der Waals surface area contributed by atoms with Crippen LogP contribution in [0, 0.1) is 0 Å². The van der Waals surface area contributed by atoms with E-state index in [-0.39, 0.29) is 0 Å². The second-order valence-electron chi connectivity index (χ2n) is 5.24. The number of hydrogen-bond donors (Lipinski definition) is 2. The molecule has 1 aliphatic rings. The Morgan fingerprint density at radius 3 is 2.79 bits per heavy atom. The van der Waals surface area contributed by atoms with Gasteiger partial charge in [-0.1, -0.05) is 12.1 Å². The number of rotatable bonds is 2. The first-order valence-corrected chi connectivity index (χ1v) is 6.56. The van der Waals surface area contributed by atoms with Gasteiger partial charge in [-0.25, -0.2) is 0 Å². The second-order valence-corrected chi connectivity index (χ2v) is 5.24. The van der Waals surface area contributed by atoms with Crippen LogP contribution in [0.1, 0.15) is 12.0 Å². The molecule has 1 aliphatic heterocycles. The van der Waals surface area contributed by atoms with E-state index in [4.69, 9.17) is 5.21 Å². The van der Waals surface area contributed by atoms with Crippen LogP contribution in [0.3, 0.4) is 0 Å². The van der Waals surface area contributed by atoms with Gasteiger partial charge in [0.15, 0.2) is 0 Å². The highest BCUT2D eigenvalue weighted by Crippen LogP contribution is 2.31. The van der Waals surface area contributed by atoms with Gasteiger partial charge in [0.25, 0.3) is 0 Å². The van der Waals surface area contributed by atoms with Crippen molar-refractivity contribution in [3.8, 4) is 0 Å². The van der Waals surface area contributed by atoms with Gasteiger partial charge in [0.1, 0.15) is 0 Å². The van der Waals surface area contributed by atoms with E-state index in [0.29, 0.717) is 0 Å². The Morgan fingerprint density at radius 2 is 2.11 bits per heavy atom. The molecule has 0 saturated heterocycles. The minimum absolute atomic E-state index is 0.720. The van der Waals surface area contributed by atoms with Crippen LogP contribution < -0.4 is 5.48 Å². The van der Waals surface area contributed by atoms with Crippen molar-refractivity contribution in [2.45, 2.75) is 6.42 Å². The Morgan fingerprint density at radius 1 is 1.26 bits per heavy atom. The van der Waals surface area contributed by atoms with Crippen LogP contribution in [-0.2, 0) is 7.05 Å². The van der Waals surface area contributed by atoms with Gasteiger partial charge in [-0.3, -0.25) is 10.7 Å². The van der Waals surface area contributed by atoms with E-state index in [0.717, 1.165) is 30.7 Å². The fourth-order valence-corrected chi connectivity index (χ4v) is 2.72. The summed E-state index contributed by atoms with van der Waals surface area (Å²) in [5.41, 5.74) is 6.80. The lowest BCUT2D eigenvalue weighted by Crippen LogP contribution is -2.23. The number of likely N-dealkylation sites (N-methyl/N-ethyl adjacent to an activating group) is 1. The van der Waals surface area contributed by atoms with Crippen molar-refractivity contribution in [1.82, 2.24) is 9.47 Å². The number of nitrogens with one attached hydrogen (secondary N) is 1. The molecule has 2 heterocycles. The van der Waals surface area contributed by atoms with Crippen LogP contribution >= 0.6 is 0 Å². The summed E-state index contributed by atoms with van der Waals surface area (Å²) in [5.74, 6) is 0. The number of hydrogen-bond acceptors (Lipinski definition) is 3. The zero-order valence-corrected chi connectivity index (χ0v) is 11.3. The van der Waals surface area contributed by atoms with Gasteiger partial charge in [-0.15, -0.1) is 0 Å². The van der Waals surface area contributed by atoms with Crippen LogP contribution in [0.2, 0.25) is 0 Å². The van der Waals surface area contributed by atoms with Crippen molar-refractivity contribution in [3.63, 3.8) is 0 Å². The van der Waals surface area contributed by atoms with E-state index >= 15 is 0 Å². The average Bonchev–Trinajstić information content (AvgIpc) is 2.76. The monoisotopic (exact) mass is 257 g/mol. The first kappa shape index (κ1) is 12.3. The Bertz CT molecular complexity index is 642. The van der Waals surface area contributed by atoms with E-state index in [1.807, 2.05) is 19.2 Å². The summed E-state index contributed by atoms with van der Waals surface area (Å²) in [6.07, 6.45) is 5.59. The molecule has 19 heavy (non-hydrogen) atoms. The molecule has 0 radical (unpaired) electrons. The predicted molar refractivity (Wildman–Crippen MR) is 78.4 cm³/mol. The summed E-state index contributed by atoms with van der Waals surface area (Å²) in [7, 11) is 4.19. The molecular formula is C15H19N3O. The summed E-state index contributed by atoms with van der Waals surface area (Å²) in [6.45, 7) is 2.13. The normalized spacial score (nSPS) is 16.7. The van der Waals surface area contributed by atoms with E-state index in [2.05, 4.69) is 40.3 Å². The summed E-state index contributed by atoms with van der Waals surface area (Å²) < 4.78 is 2.12. The van der Waals surface area contributed by atoms with Crippen LogP contribution in [0.4, 0.5) is 5.69 Å². The van der Waals surface area contributed by atoms with E-state index < -0.39 is 0 Å². The molecule has 1 aromatic heterocycles. The van der Waals surface area contributed by atoms with Gasteiger partial charge in [0.05, 0.1) is 11.2 Å². The van der Waals surface area contributed by atoms with Crippen LogP contribution in [0.5, 0.6) is 0 Å². The van der Waals surface area contributed by atoms with Gasteiger partial charge in [-0.05, 0) is 31.2 Å². The molecular weight excluding hydrogens is 238 g/mol. The lowest BCUT2D eigenvalue weighted by Gasteiger charge is -2.21. The van der Waals surface area contributed by atoms with E-state index in [9.17, 15) is 0 Å². The highest BCUT2D eigenvalue weighted by atomic mass is 16.5. The first-order chi connectivity index (χ1) is 9.19. The van der Waals surface area contributed by atoms with Gasteiger partial charge < -0.3 is 9.47 Å². The van der Waals surface area contributed by atoms with Crippen molar-refractivity contribution in [1.29, 1.82) is 0 Å². The minimum atomic E-state index is 0.720. The zero-order valence-electron chi connectivity index (χ0n) is 11.3. The van der Waals surface area contributed by atoms with Crippen LogP contribution in [-0.4, -0.2) is 34.8 Å². The molecule has 0 unspecified atom stereocenters. The van der Waals surface area contributed by atoms with E-state index in [1.165, 1.54) is 16.5 Å². The molecule has 3 rings (SSSR count). The number of aromatic nitrogens is 1. The maximum atomic E-state index is 9.00. The molecule has 100 valence electrons. The van der Waals surface area contributed by atoms with Crippen molar-refractivity contribution in [3.05, 3.63) is 36.0 Å². The number of anilines is 1. The maximum absolute atomic E-state index is 9.00. The Kier molecular flexibility index (Phi) is 3.05. The number of nitrogens with zero attached hydrogens (tertiary/aromatic N) is 2. The topological polar surface area (TPSA) is 40.4 Å². The fourth-order valence-electron chi connectivity index (χ4n) is 2.72. The average molecular weight is 257 g/mol. The largest absolute Gasteiger partial charge is 0.350 e. The zero-order chi connectivity index (χ0) is 13.4. The Hall–Kier alpha value is -1.78. The second kappa shape index (κ2) is 4.72. The lowest BCUT2D eigenvalue weighted by molar-refractivity contribution is 0.370. The maximum Gasteiger partial charge on any atom is 0.0623 e. The molecule has 0 saturated carbocycles. The number of benzene rings is 1. The molecule has 1 aromatic carbocycles. The minimum Gasteiger partial charge on any atom is -0.350 e. The highest BCUT2D eigenvalue weighted by molar-refractivity contribution is 5.94. The molecule has 4 nitrogen and oxygen atoms in total. The highest BCUT2D eigenvalue weighted by Gasteiger charge is 2.14. The third kappa shape index (κ3) is 2.13. The number of aryl methyl sites for hydroxylation is 1. The fraction of sp³-hybridized carbons (Fsp3) is 0.333. The van der Waals surface area contributed by atoms with Gasteiger partial charge in [0.2, 0.25) is 0 Å². The Labute approximate surface area is 112 Å². The standard InChI is InChI=1S/C15H19N3O/c1-17-7-5-11(6-8-17)14-10-18(2)15-9-12(16-19)3-4-13(14)15/h3-5,9-10,16,19H,6-8H2,1-2H3. The number of fused-ring (bicyclic) bond motifs is 1. The lowest BCUT2D eigenvalue weighted by atomic mass is 9.99. The van der Waals surface area contributed by atoms with Crippen molar-refractivity contribution in [2.75, 3.05) is 25.6 Å². The first-order valence-electron chi connectivity index (χ1n) is 6.56. The smallest absolute Gasteiger partial charge is 0.0623 e. The molecule has 0 spiro atoms.